The van der Waals surface area contributed by atoms with Gasteiger partial charge in [-0.3, -0.25) is 4.79 Å². The number of hydrogen-bond acceptors (Lipinski definition) is 3. The number of carboxylic acids is 1. The summed E-state index contributed by atoms with van der Waals surface area (Å²) in [4.78, 5) is 11.1. The van der Waals surface area contributed by atoms with Crippen LogP contribution in [-0.2, 0) is 4.79 Å². The van der Waals surface area contributed by atoms with Crippen LogP contribution in [0.25, 0.3) is 0 Å². The number of carboxylic acid groups (broad SMARTS) is 1. The van der Waals surface area contributed by atoms with Crippen LogP contribution in [0.1, 0.15) is 27.7 Å². The zero-order valence-electron chi connectivity index (χ0n) is 9.68. The van der Waals surface area contributed by atoms with E-state index in [-0.39, 0.29) is 0 Å². The Morgan fingerprint density at radius 3 is 2.21 bits per heavy atom. The maximum atomic E-state index is 11.1. The van der Waals surface area contributed by atoms with E-state index < -0.39 is 16.9 Å². The van der Waals surface area contributed by atoms with E-state index in [4.69, 9.17) is 5.11 Å². The molecule has 0 rings (SSSR count). The highest BCUT2D eigenvalue weighted by molar-refractivity contribution is 7.98. The van der Waals surface area contributed by atoms with Gasteiger partial charge in [-0.1, -0.05) is 0 Å². The van der Waals surface area contributed by atoms with Crippen molar-refractivity contribution in [2.24, 2.45) is 5.41 Å². The molecule has 0 heterocycles. The zero-order valence-corrected chi connectivity index (χ0v) is 10.5. The molecule has 84 valence electrons. The maximum Gasteiger partial charge on any atom is 0.310 e. The van der Waals surface area contributed by atoms with E-state index in [0.717, 1.165) is 12.3 Å². The fourth-order valence-electron chi connectivity index (χ4n) is 0.954. The third kappa shape index (κ3) is 3.17. The molecule has 0 aliphatic heterocycles. The maximum absolute atomic E-state index is 11.1. The molecule has 4 heteroatoms. The molecule has 0 aromatic carbocycles. The van der Waals surface area contributed by atoms with Crippen LogP contribution in [0.3, 0.4) is 0 Å². The van der Waals surface area contributed by atoms with Crippen molar-refractivity contribution < 1.29 is 9.90 Å². The molecule has 0 bridgehead atoms. The fourth-order valence-corrected chi connectivity index (χ4v) is 1.26. The summed E-state index contributed by atoms with van der Waals surface area (Å²) in [6, 6.07) is 0. The summed E-state index contributed by atoms with van der Waals surface area (Å²) in [6.07, 6.45) is 2.04. The van der Waals surface area contributed by atoms with Gasteiger partial charge in [-0.05, 0) is 34.0 Å². The smallest absolute Gasteiger partial charge is 0.310 e. The van der Waals surface area contributed by atoms with E-state index in [9.17, 15) is 4.79 Å². The van der Waals surface area contributed by atoms with Crippen LogP contribution in [-0.4, -0.2) is 35.2 Å². The van der Waals surface area contributed by atoms with Crippen LogP contribution < -0.4 is 5.32 Å². The first-order chi connectivity index (χ1) is 6.25. The fraction of sp³-hybridized carbons (Fsp3) is 0.900. The molecule has 2 N–H and O–H groups in total. The van der Waals surface area contributed by atoms with Crippen molar-refractivity contribution in [3.8, 4) is 0 Å². The number of aliphatic carboxylic acids is 1. The molecule has 0 fully saturated rings. The lowest BCUT2D eigenvalue weighted by Gasteiger charge is -2.39. The lowest BCUT2D eigenvalue weighted by molar-refractivity contribution is -0.151. The average Bonchev–Trinajstić information content (AvgIpc) is 2.04. The van der Waals surface area contributed by atoms with Crippen LogP contribution in [0.4, 0.5) is 0 Å². The number of nitrogens with one attached hydrogen (secondary N) is 1. The van der Waals surface area contributed by atoms with Gasteiger partial charge in [-0.2, -0.15) is 11.8 Å². The number of rotatable bonds is 6. The van der Waals surface area contributed by atoms with Gasteiger partial charge in [0.1, 0.15) is 0 Å². The van der Waals surface area contributed by atoms with Crippen LogP contribution in [0.15, 0.2) is 0 Å². The second-order valence-electron chi connectivity index (χ2n) is 4.47. The number of thioether (sulfide) groups is 1. The molecule has 0 unspecified atom stereocenters. The molecule has 0 aromatic rings. The van der Waals surface area contributed by atoms with E-state index in [1.807, 2.05) is 20.1 Å². The minimum atomic E-state index is -0.765. The molecule has 0 amide bonds. The highest BCUT2D eigenvalue weighted by atomic mass is 32.2. The molecule has 0 atom stereocenters. The first-order valence-electron chi connectivity index (χ1n) is 4.73. The second kappa shape index (κ2) is 5.03. The highest BCUT2D eigenvalue weighted by Crippen LogP contribution is 2.30. The minimum Gasteiger partial charge on any atom is -0.481 e. The van der Waals surface area contributed by atoms with Gasteiger partial charge in [0, 0.05) is 17.8 Å². The van der Waals surface area contributed by atoms with E-state index in [1.165, 1.54) is 0 Å². The van der Waals surface area contributed by atoms with Crippen LogP contribution in [0.5, 0.6) is 0 Å². The molecular weight excluding hydrogens is 198 g/mol. The quantitative estimate of drug-likeness (QED) is 0.669. The van der Waals surface area contributed by atoms with Crippen molar-refractivity contribution in [3.63, 3.8) is 0 Å². The van der Waals surface area contributed by atoms with Crippen LogP contribution in [0.2, 0.25) is 0 Å². The van der Waals surface area contributed by atoms with Gasteiger partial charge in [0.15, 0.2) is 0 Å². The summed E-state index contributed by atoms with van der Waals surface area (Å²) in [5.41, 5.74) is -1.15. The first-order valence-corrected chi connectivity index (χ1v) is 6.12. The molecule has 3 nitrogen and oxygen atoms in total. The van der Waals surface area contributed by atoms with Crippen molar-refractivity contribution in [1.29, 1.82) is 0 Å². The normalized spacial score (nSPS) is 12.9. The molecular formula is C10H21NO2S. The average molecular weight is 219 g/mol. The Balaban J connectivity index is 4.36. The van der Waals surface area contributed by atoms with Gasteiger partial charge in [0.2, 0.25) is 0 Å². The van der Waals surface area contributed by atoms with Gasteiger partial charge in [0.05, 0.1) is 5.41 Å². The summed E-state index contributed by atoms with van der Waals surface area (Å²) in [6.45, 7) is 8.20. The van der Waals surface area contributed by atoms with Gasteiger partial charge in [-0.25, -0.2) is 0 Å². The minimum absolute atomic E-state index is 0.394. The lowest BCUT2D eigenvalue weighted by atomic mass is 9.74. The van der Waals surface area contributed by atoms with E-state index >= 15 is 0 Å². The summed E-state index contributed by atoms with van der Waals surface area (Å²) in [7, 11) is 0. The monoisotopic (exact) mass is 219 g/mol. The summed E-state index contributed by atoms with van der Waals surface area (Å²) < 4.78 is 0. The van der Waals surface area contributed by atoms with Crippen molar-refractivity contribution in [2.75, 3.05) is 18.6 Å². The molecule has 0 aliphatic rings. The number of hydrogen-bond donors (Lipinski definition) is 2. The summed E-state index contributed by atoms with van der Waals surface area (Å²) >= 11 is 1.75. The topological polar surface area (TPSA) is 49.3 Å². The summed E-state index contributed by atoms with van der Waals surface area (Å²) in [5, 5.41) is 12.4. The molecule has 14 heavy (non-hydrogen) atoms. The third-order valence-corrected chi connectivity index (χ3v) is 3.58. The van der Waals surface area contributed by atoms with E-state index in [0.29, 0.717) is 0 Å². The van der Waals surface area contributed by atoms with Gasteiger partial charge in [-0.15, -0.1) is 0 Å². The molecule has 0 aliphatic carbocycles. The second-order valence-corrected chi connectivity index (χ2v) is 5.46. The Kier molecular flexibility index (Phi) is 4.95. The van der Waals surface area contributed by atoms with Crippen molar-refractivity contribution >= 4 is 17.7 Å². The predicted molar refractivity (Wildman–Crippen MR) is 61.9 cm³/mol. The molecule has 0 saturated heterocycles. The van der Waals surface area contributed by atoms with Gasteiger partial charge in [0.25, 0.3) is 0 Å². The van der Waals surface area contributed by atoms with Crippen molar-refractivity contribution in [2.45, 2.75) is 33.2 Å². The third-order valence-electron chi connectivity index (χ3n) is 2.97. The Bertz CT molecular complexity index is 202. The standard InChI is InChI=1S/C10H21NO2S/c1-9(2,8(12)13)10(3,4)11-6-7-14-5/h11H,6-7H2,1-5H3,(H,12,13). The molecule has 0 radical (unpaired) electrons. The van der Waals surface area contributed by atoms with Crippen molar-refractivity contribution in [3.05, 3.63) is 0 Å². The summed E-state index contributed by atoms with van der Waals surface area (Å²) in [5.74, 6) is 0.234. The van der Waals surface area contributed by atoms with Crippen LogP contribution >= 0.6 is 11.8 Å². The molecule has 0 aromatic heterocycles. The highest BCUT2D eigenvalue weighted by Gasteiger charge is 2.42. The Hall–Kier alpha value is -0.220. The van der Waals surface area contributed by atoms with Crippen molar-refractivity contribution in [1.82, 2.24) is 5.32 Å². The Morgan fingerprint density at radius 1 is 1.36 bits per heavy atom. The number of carbonyl (C=O) groups is 1. The zero-order chi connectivity index (χ0) is 11.4. The van der Waals surface area contributed by atoms with Crippen LogP contribution in [0, 0.1) is 5.41 Å². The Labute approximate surface area is 90.7 Å². The van der Waals surface area contributed by atoms with E-state index in [1.54, 1.807) is 25.6 Å². The van der Waals surface area contributed by atoms with E-state index in [2.05, 4.69) is 5.32 Å². The Morgan fingerprint density at radius 2 is 1.86 bits per heavy atom. The lowest BCUT2D eigenvalue weighted by Crippen LogP contribution is -2.55. The largest absolute Gasteiger partial charge is 0.481 e. The molecule has 0 spiro atoms. The predicted octanol–water partition coefficient (Wildman–Crippen LogP) is 1.83. The molecule has 0 saturated carbocycles. The van der Waals surface area contributed by atoms with Gasteiger partial charge >= 0.3 is 5.97 Å². The first kappa shape index (κ1) is 13.8. The SMILES string of the molecule is CSCCNC(C)(C)C(C)(C)C(=O)O. The van der Waals surface area contributed by atoms with Gasteiger partial charge < -0.3 is 10.4 Å².